The maximum absolute atomic E-state index is 9.81. The third-order valence-corrected chi connectivity index (χ3v) is 8.07. The molecule has 0 aromatic rings. The van der Waals surface area contributed by atoms with E-state index in [1.807, 2.05) is 13.8 Å². The van der Waals surface area contributed by atoms with E-state index < -0.39 is 14.4 Å². The molecule has 0 saturated heterocycles. The van der Waals surface area contributed by atoms with E-state index in [4.69, 9.17) is 10.2 Å². The van der Waals surface area contributed by atoms with Crippen molar-refractivity contribution in [3.05, 3.63) is 0 Å². The molecule has 0 aliphatic rings. The largest absolute Gasteiger partial charge is 0.415 e. The molecule has 2 atom stereocenters. The summed E-state index contributed by atoms with van der Waals surface area (Å²) in [6.45, 7) is 15.4. The van der Waals surface area contributed by atoms with Crippen LogP contribution in [0.3, 0.4) is 0 Å². The Labute approximate surface area is 102 Å². The second-order valence-electron chi connectivity index (χ2n) is 6.47. The minimum absolute atomic E-state index is 0.179. The summed E-state index contributed by atoms with van der Waals surface area (Å²) >= 11 is 0. The van der Waals surface area contributed by atoms with Gasteiger partial charge in [0.15, 0.2) is 8.32 Å². The lowest BCUT2D eigenvalue weighted by molar-refractivity contribution is 0.0739. The van der Waals surface area contributed by atoms with Crippen LogP contribution in [0.1, 0.15) is 34.6 Å². The first-order valence-corrected chi connectivity index (χ1v) is 8.97. The number of aliphatic hydroxyl groups excluding tert-OH is 1. The Hall–Kier alpha value is 0.0969. The average molecular weight is 247 g/mol. The molecule has 0 aromatic heterocycles. The zero-order valence-corrected chi connectivity index (χ0v) is 12.9. The van der Waals surface area contributed by atoms with Gasteiger partial charge in [0.25, 0.3) is 0 Å². The molecule has 0 aliphatic heterocycles. The van der Waals surface area contributed by atoms with Crippen LogP contribution >= 0.6 is 0 Å². The Morgan fingerprint density at radius 3 is 2.00 bits per heavy atom. The van der Waals surface area contributed by atoms with Crippen LogP contribution in [-0.4, -0.2) is 32.2 Å². The summed E-state index contributed by atoms with van der Waals surface area (Å²) in [5.74, 6) is 0.179. The Bertz CT molecular complexity index is 212. The number of hydrogen-bond acceptors (Lipinski definition) is 3. The van der Waals surface area contributed by atoms with E-state index >= 15 is 0 Å². The van der Waals surface area contributed by atoms with Gasteiger partial charge in [-0.15, -0.1) is 0 Å². The van der Waals surface area contributed by atoms with Gasteiger partial charge < -0.3 is 15.3 Å². The molecular formula is C12H29NO2Si. The van der Waals surface area contributed by atoms with E-state index in [0.29, 0.717) is 6.61 Å². The maximum Gasteiger partial charge on any atom is 0.192 e. The first kappa shape index (κ1) is 16.1. The lowest BCUT2D eigenvalue weighted by Gasteiger charge is -2.37. The average Bonchev–Trinajstić information content (AvgIpc) is 2.11. The molecule has 0 saturated carbocycles. The highest BCUT2D eigenvalue weighted by atomic mass is 28.4. The van der Waals surface area contributed by atoms with E-state index in [1.54, 1.807) is 0 Å². The van der Waals surface area contributed by atoms with Gasteiger partial charge in [0, 0.05) is 0 Å². The first-order valence-electron chi connectivity index (χ1n) is 6.06. The van der Waals surface area contributed by atoms with Gasteiger partial charge in [-0.2, -0.15) is 0 Å². The number of rotatable bonds is 5. The lowest BCUT2D eigenvalue weighted by atomic mass is 10.0. The number of aliphatic hydroxyl groups is 1. The molecule has 0 spiro atoms. The van der Waals surface area contributed by atoms with Crippen molar-refractivity contribution in [1.82, 2.24) is 0 Å². The predicted molar refractivity (Wildman–Crippen MR) is 72.0 cm³/mol. The molecule has 0 heterocycles. The maximum atomic E-state index is 9.81. The van der Waals surface area contributed by atoms with Gasteiger partial charge in [0.2, 0.25) is 0 Å². The van der Waals surface area contributed by atoms with Crippen LogP contribution in [-0.2, 0) is 4.43 Å². The molecule has 4 heteroatoms. The molecule has 0 unspecified atom stereocenters. The van der Waals surface area contributed by atoms with Crippen LogP contribution in [0.25, 0.3) is 0 Å². The summed E-state index contributed by atoms with van der Waals surface area (Å²) in [5, 5.41) is 10.00. The van der Waals surface area contributed by atoms with Gasteiger partial charge in [-0.25, -0.2) is 0 Å². The molecule has 3 nitrogen and oxygen atoms in total. The first-order chi connectivity index (χ1) is 6.99. The molecule has 98 valence electrons. The molecule has 0 aromatic carbocycles. The Morgan fingerprint density at radius 2 is 1.69 bits per heavy atom. The molecule has 0 rings (SSSR count). The van der Waals surface area contributed by atoms with Gasteiger partial charge in [-0.05, 0) is 24.1 Å². The summed E-state index contributed by atoms with van der Waals surface area (Å²) in [6, 6.07) is -0.283. The normalized spacial score (nSPS) is 17.6. The summed E-state index contributed by atoms with van der Waals surface area (Å²) in [4.78, 5) is 0. The predicted octanol–water partition coefficient (Wildman–Crippen LogP) is 2.35. The molecule has 0 bridgehead atoms. The second-order valence-corrected chi connectivity index (χ2v) is 11.3. The van der Waals surface area contributed by atoms with Crippen LogP contribution in [0.4, 0.5) is 0 Å². The zero-order valence-electron chi connectivity index (χ0n) is 11.9. The Balaban J connectivity index is 4.25. The highest BCUT2D eigenvalue weighted by molar-refractivity contribution is 6.74. The third-order valence-electron chi connectivity index (χ3n) is 3.56. The second kappa shape index (κ2) is 5.62. The van der Waals surface area contributed by atoms with Crippen LogP contribution in [0.2, 0.25) is 18.1 Å². The quantitative estimate of drug-likeness (QED) is 0.733. The molecule has 0 amide bonds. The molecule has 0 radical (unpaired) electrons. The van der Waals surface area contributed by atoms with Crippen molar-refractivity contribution in [2.24, 2.45) is 11.7 Å². The highest BCUT2D eigenvalue weighted by Gasteiger charge is 2.37. The highest BCUT2D eigenvalue weighted by Crippen LogP contribution is 2.36. The van der Waals surface area contributed by atoms with Gasteiger partial charge in [-0.3, -0.25) is 0 Å². The van der Waals surface area contributed by atoms with Crippen LogP contribution in [0.5, 0.6) is 0 Å². The van der Waals surface area contributed by atoms with Crippen molar-refractivity contribution in [2.45, 2.75) is 64.9 Å². The fourth-order valence-corrected chi connectivity index (χ4v) is 2.16. The molecule has 0 aliphatic carbocycles. The Kier molecular flexibility index (Phi) is 5.66. The van der Waals surface area contributed by atoms with Crippen molar-refractivity contribution in [3.8, 4) is 0 Å². The van der Waals surface area contributed by atoms with Gasteiger partial charge in [0.05, 0.1) is 18.8 Å². The van der Waals surface area contributed by atoms with E-state index in [9.17, 15) is 5.11 Å². The topological polar surface area (TPSA) is 55.5 Å². The van der Waals surface area contributed by atoms with Crippen LogP contribution in [0, 0.1) is 5.92 Å². The zero-order chi connectivity index (χ0) is 13.1. The Morgan fingerprint density at radius 1 is 1.25 bits per heavy atom. The van der Waals surface area contributed by atoms with Crippen molar-refractivity contribution < 1.29 is 9.53 Å². The third kappa shape index (κ3) is 4.53. The number of hydrogen-bond donors (Lipinski definition) is 2. The van der Waals surface area contributed by atoms with Crippen molar-refractivity contribution in [2.75, 3.05) is 6.61 Å². The monoisotopic (exact) mass is 247 g/mol. The van der Waals surface area contributed by atoms with E-state index in [2.05, 4.69) is 33.9 Å². The molecule has 0 fully saturated rings. The smallest absolute Gasteiger partial charge is 0.192 e. The minimum atomic E-state index is -1.74. The van der Waals surface area contributed by atoms with Gasteiger partial charge >= 0.3 is 0 Å². The van der Waals surface area contributed by atoms with E-state index in [0.717, 1.165) is 0 Å². The standard InChI is InChI=1S/C12H29NO2Si/c1-9(2)11(14)10(13)8-15-16(6,7)12(3,4)5/h9-11,14H,8,13H2,1-7H3/t10-,11+/m1/s1. The lowest BCUT2D eigenvalue weighted by Crippen LogP contribution is -2.48. The minimum Gasteiger partial charge on any atom is -0.415 e. The number of nitrogens with two attached hydrogens (primary N) is 1. The van der Waals surface area contributed by atoms with Crippen molar-refractivity contribution >= 4 is 8.32 Å². The van der Waals surface area contributed by atoms with Crippen LogP contribution < -0.4 is 5.73 Å². The van der Waals surface area contributed by atoms with E-state index in [1.165, 1.54) is 0 Å². The molecule has 16 heavy (non-hydrogen) atoms. The fourth-order valence-electron chi connectivity index (χ4n) is 1.11. The van der Waals surface area contributed by atoms with E-state index in [-0.39, 0.29) is 17.0 Å². The molecule has 3 N–H and O–H groups in total. The summed E-state index contributed by atoms with van der Waals surface area (Å²) in [6.07, 6.45) is -0.482. The van der Waals surface area contributed by atoms with Gasteiger partial charge in [0.1, 0.15) is 0 Å². The molecular weight excluding hydrogens is 218 g/mol. The SMILES string of the molecule is CC(C)[C@H](O)[C@H](N)CO[Si](C)(C)C(C)(C)C. The fraction of sp³-hybridized carbons (Fsp3) is 1.00. The van der Waals surface area contributed by atoms with Crippen molar-refractivity contribution in [3.63, 3.8) is 0 Å². The van der Waals surface area contributed by atoms with Crippen LogP contribution in [0.15, 0.2) is 0 Å². The van der Waals surface area contributed by atoms with Gasteiger partial charge in [-0.1, -0.05) is 34.6 Å². The van der Waals surface area contributed by atoms with Crippen molar-refractivity contribution in [1.29, 1.82) is 0 Å². The summed E-state index contributed by atoms with van der Waals surface area (Å²) in [7, 11) is -1.74. The summed E-state index contributed by atoms with van der Waals surface area (Å²) < 4.78 is 5.98. The summed E-state index contributed by atoms with van der Waals surface area (Å²) in [5.41, 5.74) is 5.92.